The molecule has 194 valence electrons. The number of morpholine rings is 1. The minimum atomic E-state index is -1.06. The first-order chi connectivity index (χ1) is 17.9. The SMILES string of the molecule is COc1cccc(CN(C(C)=O)c2ccc(N3CCOCC3)c(C(=O)O)c2)c1OCc1ccc(Cl)cc1. The van der Waals surface area contributed by atoms with Crippen LogP contribution in [-0.4, -0.2) is 50.4 Å². The van der Waals surface area contributed by atoms with E-state index in [0.717, 1.165) is 11.1 Å². The number of aromatic carboxylic acids is 1. The van der Waals surface area contributed by atoms with Crippen molar-refractivity contribution in [2.75, 3.05) is 43.2 Å². The van der Waals surface area contributed by atoms with Crippen molar-refractivity contribution >= 4 is 34.9 Å². The highest BCUT2D eigenvalue weighted by atomic mass is 35.5. The Kier molecular flexibility index (Phi) is 8.53. The van der Waals surface area contributed by atoms with Crippen LogP contribution in [0, 0.1) is 0 Å². The van der Waals surface area contributed by atoms with Crippen LogP contribution in [0.25, 0.3) is 0 Å². The van der Waals surface area contributed by atoms with Crippen LogP contribution in [0.4, 0.5) is 11.4 Å². The maximum atomic E-state index is 12.8. The summed E-state index contributed by atoms with van der Waals surface area (Å²) in [5.74, 6) is -0.249. The molecule has 1 aliphatic rings. The normalized spacial score (nSPS) is 13.2. The predicted octanol–water partition coefficient (Wildman–Crippen LogP) is 5.02. The fraction of sp³-hybridized carbons (Fsp3) is 0.286. The summed E-state index contributed by atoms with van der Waals surface area (Å²) in [5.41, 5.74) is 2.87. The zero-order chi connectivity index (χ0) is 26.4. The number of anilines is 2. The highest BCUT2D eigenvalue weighted by Gasteiger charge is 2.23. The van der Waals surface area contributed by atoms with Crippen LogP contribution in [-0.2, 0) is 22.7 Å². The number of rotatable bonds is 9. The maximum Gasteiger partial charge on any atom is 0.337 e. The summed E-state index contributed by atoms with van der Waals surface area (Å²) < 4.78 is 17.1. The molecule has 3 aromatic carbocycles. The largest absolute Gasteiger partial charge is 0.493 e. The summed E-state index contributed by atoms with van der Waals surface area (Å²) in [6, 6.07) is 17.9. The Morgan fingerprint density at radius 3 is 2.46 bits per heavy atom. The summed E-state index contributed by atoms with van der Waals surface area (Å²) >= 11 is 5.99. The molecule has 37 heavy (non-hydrogen) atoms. The van der Waals surface area contributed by atoms with Crippen molar-refractivity contribution in [2.24, 2.45) is 0 Å². The van der Waals surface area contributed by atoms with Gasteiger partial charge in [-0.25, -0.2) is 4.79 Å². The van der Waals surface area contributed by atoms with Crippen molar-refractivity contribution < 1.29 is 28.9 Å². The number of methoxy groups -OCH3 is 1. The van der Waals surface area contributed by atoms with Crippen molar-refractivity contribution in [3.05, 3.63) is 82.4 Å². The third-order valence-electron chi connectivity index (χ3n) is 6.16. The molecule has 1 amide bonds. The molecule has 0 spiro atoms. The molecule has 1 aliphatic heterocycles. The molecule has 0 atom stereocenters. The quantitative estimate of drug-likeness (QED) is 0.420. The first-order valence-electron chi connectivity index (χ1n) is 11.9. The number of carboxylic acids is 1. The monoisotopic (exact) mass is 524 g/mol. The van der Waals surface area contributed by atoms with Gasteiger partial charge in [0.15, 0.2) is 11.5 Å². The van der Waals surface area contributed by atoms with Crippen molar-refractivity contribution in [3.8, 4) is 11.5 Å². The van der Waals surface area contributed by atoms with Crippen LogP contribution in [0.15, 0.2) is 60.7 Å². The molecular formula is C28H29ClN2O6. The Hall–Kier alpha value is -3.75. The van der Waals surface area contributed by atoms with E-state index in [9.17, 15) is 14.7 Å². The van der Waals surface area contributed by atoms with Gasteiger partial charge in [-0.1, -0.05) is 35.9 Å². The lowest BCUT2D eigenvalue weighted by Crippen LogP contribution is -2.37. The topological polar surface area (TPSA) is 88.5 Å². The highest BCUT2D eigenvalue weighted by Crippen LogP contribution is 2.35. The minimum absolute atomic E-state index is 0.135. The minimum Gasteiger partial charge on any atom is -0.493 e. The van der Waals surface area contributed by atoms with Crippen molar-refractivity contribution in [1.82, 2.24) is 0 Å². The molecule has 4 rings (SSSR count). The molecule has 1 saturated heterocycles. The van der Waals surface area contributed by atoms with Crippen LogP contribution in [0.3, 0.4) is 0 Å². The first kappa shape index (κ1) is 26.3. The Bertz CT molecular complexity index is 1260. The molecule has 0 bridgehead atoms. The Morgan fingerprint density at radius 1 is 1.08 bits per heavy atom. The lowest BCUT2D eigenvalue weighted by Gasteiger charge is -2.31. The van der Waals surface area contributed by atoms with E-state index in [2.05, 4.69) is 0 Å². The van der Waals surface area contributed by atoms with Gasteiger partial charge in [0.1, 0.15) is 6.61 Å². The van der Waals surface area contributed by atoms with Crippen LogP contribution in [0.1, 0.15) is 28.4 Å². The van der Waals surface area contributed by atoms with Gasteiger partial charge in [-0.3, -0.25) is 4.79 Å². The van der Waals surface area contributed by atoms with Gasteiger partial charge in [0, 0.05) is 36.3 Å². The molecule has 0 unspecified atom stereocenters. The van der Waals surface area contributed by atoms with E-state index >= 15 is 0 Å². The summed E-state index contributed by atoms with van der Waals surface area (Å²) in [6.07, 6.45) is 0. The molecule has 0 radical (unpaired) electrons. The average molecular weight is 525 g/mol. The van der Waals surface area contributed by atoms with Gasteiger partial charge in [0.2, 0.25) is 5.91 Å². The number of benzene rings is 3. The molecule has 0 aliphatic carbocycles. The second-order valence-electron chi connectivity index (χ2n) is 8.57. The lowest BCUT2D eigenvalue weighted by molar-refractivity contribution is -0.116. The second kappa shape index (κ2) is 12.0. The number of hydrogen-bond acceptors (Lipinski definition) is 6. The van der Waals surface area contributed by atoms with Gasteiger partial charge >= 0.3 is 5.97 Å². The number of amides is 1. The molecule has 0 saturated carbocycles. The first-order valence-corrected chi connectivity index (χ1v) is 12.3. The van der Waals surface area contributed by atoms with E-state index in [1.165, 1.54) is 11.8 Å². The van der Waals surface area contributed by atoms with Crippen molar-refractivity contribution in [3.63, 3.8) is 0 Å². The molecular weight excluding hydrogens is 496 g/mol. The van der Waals surface area contributed by atoms with Crippen LogP contribution >= 0.6 is 11.6 Å². The van der Waals surface area contributed by atoms with E-state index in [4.69, 9.17) is 25.8 Å². The smallest absolute Gasteiger partial charge is 0.337 e. The van der Waals surface area contributed by atoms with Gasteiger partial charge in [-0.2, -0.15) is 0 Å². The Balaban J connectivity index is 1.64. The van der Waals surface area contributed by atoms with E-state index in [0.29, 0.717) is 54.2 Å². The van der Waals surface area contributed by atoms with Crippen molar-refractivity contribution in [2.45, 2.75) is 20.1 Å². The number of ether oxygens (including phenoxy) is 3. The number of carboxylic acid groups (broad SMARTS) is 1. The molecule has 3 aromatic rings. The second-order valence-corrected chi connectivity index (χ2v) is 9.01. The lowest BCUT2D eigenvalue weighted by atomic mass is 10.1. The Morgan fingerprint density at radius 2 is 1.81 bits per heavy atom. The van der Waals surface area contributed by atoms with Gasteiger partial charge in [0.25, 0.3) is 0 Å². The number of halogens is 1. The van der Waals surface area contributed by atoms with E-state index in [-0.39, 0.29) is 24.6 Å². The maximum absolute atomic E-state index is 12.8. The zero-order valence-corrected chi connectivity index (χ0v) is 21.5. The highest BCUT2D eigenvalue weighted by molar-refractivity contribution is 6.30. The number of para-hydroxylation sites is 1. The average Bonchev–Trinajstić information content (AvgIpc) is 2.91. The van der Waals surface area contributed by atoms with Crippen molar-refractivity contribution in [1.29, 1.82) is 0 Å². The summed E-state index contributed by atoms with van der Waals surface area (Å²) in [7, 11) is 1.56. The van der Waals surface area contributed by atoms with Crippen LogP contribution in [0.2, 0.25) is 5.02 Å². The third-order valence-corrected chi connectivity index (χ3v) is 6.41. The third kappa shape index (κ3) is 6.34. The van der Waals surface area contributed by atoms with E-state index in [1.54, 1.807) is 43.5 Å². The van der Waals surface area contributed by atoms with Gasteiger partial charge in [-0.05, 0) is 42.0 Å². The number of hydrogen-bond donors (Lipinski definition) is 1. The molecule has 9 heteroatoms. The Labute approximate surface area is 220 Å². The zero-order valence-electron chi connectivity index (χ0n) is 20.8. The number of carbonyl (C=O) groups excluding carboxylic acids is 1. The fourth-order valence-electron chi connectivity index (χ4n) is 4.24. The van der Waals surface area contributed by atoms with E-state index < -0.39 is 5.97 Å². The molecule has 8 nitrogen and oxygen atoms in total. The number of nitrogens with zero attached hydrogens (tertiary/aromatic N) is 2. The van der Waals surface area contributed by atoms with Crippen LogP contribution in [0.5, 0.6) is 11.5 Å². The van der Waals surface area contributed by atoms with Gasteiger partial charge in [-0.15, -0.1) is 0 Å². The number of carbonyl (C=O) groups is 2. The fourth-order valence-corrected chi connectivity index (χ4v) is 4.37. The summed E-state index contributed by atoms with van der Waals surface area (Å²) in [6.45, 7) is 4.18. The summed E-state index contributed by atoms with van der Waals surface area (Å²) in [4.78, 5) is 28.4. The van der Waals surface area contributed by atoms with Gasteiger partial charge < -0.3 is 29.1 Å². The predicted molar refractivity (Wildman–Crippen MR) is 142 cm³/mol. The van der Waals surface area contributed by atoms with E-state index in [1.807, 2.05) is 29.2 Å². The molecule has 1 N–H and O–H groups in total. The molecule has 1 heterocycles. The molecule has 1 fully saturated rings. The molecule has 0 aromatic heterocycles. The standard InChI is InChI=1S/C28H29ClN2O6/c1-19(32)31(23-10-11-25(24(16-23)28(33)34)30-12-14-36-15-13-30)17-21-4-3-5-26(35-2)27(21)37-18-20-6-8-22(29)9-7-20/h3-11,16H,12-15,17-18H2,1-2H3,(H,33,34). The summed E-state index contributed by atoms with van der Waals surface area (Å²) in [5, 5.41) is 10.6. The van der Waals surface area contributed by atoms with Gasteiger partial charge in [0.05, 0.1) is 38.1 Å². The van der Waals surface area contributed by atoms with Crippen LogP contribution < -0.4 is 19.3 Å².